The molecule has 1 saturated carbocycles. The number of carboxylic acids is 1. The van der Waals surface area contributed by atoms with Crippen LogP contribution in [0.2, 0.25) is 0 Å². The van der Waals surface area contributed by atoms with Gasteiger partial charge in [0.05, 0.1) is 11.8 Å². The van der Waals surface area contributed by atoms with E-state index in [-0.39, 0.29) is 5.91 Å². The molecule has 2 amide bonds. The molecule has 1 fully saturated rings. The van der Waals surface area contributed by atoms with Gasteiger partial charge in [0.25, 0.3) is 0 Å². The van der Waals surface area contributed by atoms with Crippen molar-refractivity contribution < 1.29 is 19.5 Å². The van der Waals surface area contributed by atoms with Crippen LogP contribution >= 0.6 is 0 Å². The molecule has 96 valence electrons. The summed E-state index contributed by atoms with van der Waals surface area (Å²) >= 11 is 0. The second kappa shape index (κ2) is 5.65. The maximum Gasteiger partial charge on any atom is 0.307 e. The highest BCUT2D eigenvalue weighted by Gasteiger charge is 2.36. The Balaban J connectivity index is 2.65. The van der Waals surface area contributed by atoms with Crippen LogP contribution in [0.1, 0.15) is 32.6 Å². The quantitative estimate of drug-likeness (QED) is 0.637. The van der Waals surface area contributed by atoms with Gasteiger partial charge in [0.1, 0.15) is 6.04 Å². The minimum atomic E-state index is -0.948. The maximum absolute atomic E-state index is 11.8. The van der Waals surface area contributed by atoms with Crippen LogP contribution < -0.4 is 11.1 Å². The maximum atomic E-state index is 11.8. The molecule has 4 N–H and O–H groups in total. The summed E-state index contributed by atoms with van der Waals surface area (Å²) in [7, 11) is 0. The zero-order valence-corrected chi connectivity index (χ0v) is 9.81. The van der Waals surface area contributed by atoms with E-state index in [1.807, 2.05) is 0 Å². The molecule has 0 spiro atoms. The SMILES string of the molecule is CC(NC(=O)[C@@H]1CCCC[C@@H]1C(=O)O)C(N)=O. The number of carbonyl (C=O) groups excluding carboxylic acids is 2. The van der Waals surface area contributed by atoms with Gasteiger partial charge in [-0.05, 0) is 19.8 Å². The molecular weight excluding hydrogens is 224 g/mol. The number of aliphatic carboxylic acids is 1. The van der Waals surface area contributed by atoms with Crippen molar-refractivity contribution in [2.75, 3.05) is 0 Å². The minimum absolute atomic E-state index is 0.386. The Morgan fingerprint density at radius 2 is 1.76 bits per heavy atom. The molecule has 0 saturated heterocycles. The van der Waals surface area contributed by atoms with Crippen molar-refractivity contribution in [1.82, 2.24) is 5.32 Å². The average Bonchev–Trinajstić information content (AvgIpc) is 2.28. The number of nitrogens with one attached hydrogen (secondary N) is 1. The number of nitrogens with two attached hydrogens (primary N) is 1. The van der Waals surface area contributed by atoms with E-state index in [0.29, 0.717) is 12.8 Å². The topological polar surface area (TPSA) is 109 Å². The summed E-state index contributed by atoms with van der Waals surface area (Å²) in [5, 5.41) is 11.5. The molecule has 1 aliphatic carbocycles. The molecule has 3 atom stereocenters. The standard InChI is InChI=1S/C11H18N2O4/c1-6(9(12)14)13-10(15)7-4-2-3-5-8(7)11(16)17/h6-8H,2-5H2,1H3,(H2,12,14)(H,13,15)(H,16,17)/t6?,7-,8+/m1/s1. The highest BCUT2D eigenvalue weighted by atomic mass is 16.4. The Morgan fingerprint density at radius 1 is 1.24 bits per heavy atom. The smallest absolute Gasteiger partial charge is 0.307 e. The molecule has 0 heterocycles. The lowest BCUT2D eigenvalue weighted by Crippen LogP contribution is -2.47. The van der Waals surface area contributed by atoms with Gasteiger partial charge in [0.2, 0.25) is 11.8 Å². The van der Waals surface area contributed by atoms with E-state index in [9.17, 15) is 14.4 Å². The van der Waals surface area contributed by atoms with E-state index in [0.717, 1.165) is 12.8 Å². The van der Waals surface area contributed by atoms with Gasteiger partial charge >= 0.3 is 5.97 Å². The van der Waals surface area contributed by atoms with Crippen molar-refractivity contribution in [2.24, 2.45) is 17.6 Å². The predicted octanol–water partition coefficient (Wildman–Crippen LogP) is -0.133. The van der Waals surface area contributed by atoms with Crippen LogP contribution in [0, 0.1) is 11.8 Å². The van der Waals surface area contributed by atoms with E-state index >= 15 is 0 Å². The highest BCUT2D eigenvalue weighted by Crippen LogP contribution is 2.30. The van der Waals surface area contributed by atoms with Crippen LogP contribution in [0.4, 0.5) is 0 Å². The van der Waals surface area contributed by atoms with Crippen molar-refractivity contribution in [3.8, 4) is 0 Å². The third kappa shape index (κ3) is 3.44. The van der Waals surface area contributed by atoms with Gasteiger partial charge in [-0.15, -0.1) is 0 Å². The Bertz CT molecular complexity index is 329. The van der Waals surface area contributed by atoms with Crippen molar-refractivity contribution in [3.63, 3.8) is 0 Å². The van der Waals surface area contributed by atoms with E-state index in [1.54, 1.807) is 0 Å². The average molecular weight is 242 g/mol. The Hall–Kier alpha value is -1.59. The van der Waals surface area contributed by atoms with Crippen LogP contribution in [-0.4, -0.2) is 28.9 Å². The lowest BCUT2D eigenvalue weighted by molar-refractivity contribution is -0.149. The van der Waals surface area contributed by atoms with E-state index in [1.165, 1.54) is 6.92 Å². The van der Waals surface area contributed by atoms with Crippen LogP contribution in [0.25, 0.3) is 0 Å². The molecule has 0 aromatic heterocycles. The lowest BCUT2D eigenvalue weighted by Gasteiger charge is -2.28. The first-order chi connectivity index (χ1) is 7.93. The van der Waals surface area contributed by atoms with E-state index in [4.69, 9.17) is 10.8 Å². The van der Waals surface area contributed by atoms with Gasteiger partial charge in [0, 0.05) is 0 Å². The molecule has 0 bridgehead atoms. The first-order valence-corrected chi connectivity index (χ1v) is 5.76. The number of carboxylic acid groups (broad SMARTS) is 1. The first kappa shape index (κ1) is 13.5. The molecular formula is C11H18N2O4. The summed E-state index contributed by atoms with van der Waals surface area (Å²) in [6, 6.07) is -0.765. The van der Waals surface area contributed by atoms with Crippen LogP contribution in [-0.2, 0) is 14.4 Å². The molecule has 17 heavy (non-hydrogen) atoms. The summed E-state index contributed by atoms with van der Waals surface area (Å²) in [6.07, 6.45) is 2.73. The van der Waals surface area contributed by atoms with Gasteiger partial charge in [-0.1, -0.05) is 12.8 Å². The Labute approximate surface area is 99.6 Å². The third-order valence-corrected chi connectivity index (χ3v) is 3.21. The first-order valence-electron chi connectivity index (χ1n) is 5.76. The molecule has 0 radical (unpaired) electrons. The zero-order chi connectivity index (χ0) is 13.0. The number of primary amides is 1. The molecule has 0 aromatic rings. The second-order valence-electron chi connectivity index (χ2n) is 4.47. The molecule has 6 nitrogen and oxygen atoms in total. The van der Waals surface area contributed by atoms with Crippen LogP contribution in [0.5, 0.6) is 0 Å². The van der Waals surface area contributed by atoms with Crippen molar-refractivity contribution in [1.29, 1.82) is 0 Å². The predicted molar refractivity (Wildman–Crippen MR) is 59.9 cm³/mol. The molecule has 0 aromatic carbocycles. The second-order valence-corrected chi connectivity index (χ2v) is 4.47. The van der Waals surface area contributed by atoms with Crippen molar-refractivity contribution >= 4 is 17.8 Å². The van der Waals surface area contributed by atoms with Crippen LogP contribution in [0.15, 0.2) is 0 Å². The van der Waals surface area contributed by atoms with Gasteiger partial charge in [-0.25, -0.2) is 0 Å². The monoisotopic (exact) mass is 242 g/mol. The number of hydrogen-bond donors (Lipinski definition) is 3. The van der Waals surface area contributed by atoms with E-state index < -0.39 is 29.8 Å². The minimum Gasteiger partial charge on any atom is -0.481 e. The normalized spacial score (nSPS) is 25.9. The summed E-state index contributed by atoms with van der Waals surface area (Å²) in [4.78, 5) is 33.7. The summed E-state index contributed by atoms with van der Waals surface area (Å²) < 4.78 is 0. The molecule has 6 heteroatoms. The largest absolute Gasteiger partial charge is 0.481 e. The van der Waals surface area contributed by atoms with Gasteiger partial charge in [-0.2, -0.15) is 0 Å². The Morgan fingerprint density at radius 3 is 2.24 bits per heavy atom. The number of hydrogen-bond acceptors (Lipinski definition) is 3. The fraction of sp³-hybridized carbons (Fsp3) is 0.727. The van der Waals surface area contributed by atoms with Crippen LogP contribution in [0.3, 0.4) is 0 Å². The lowest BCUT2D eigenvalue weighted by atomic mass is 9.78. The summed E-state index contributed by atoms with van der Waals surface area (Å²) in [6.45, 7) is 1.48. The van der Waals surface area contributed by atoms with E-state index in [2.05, 4.69) is 5.32 Å². The Kier molecular flexibility index (Phi) is 4.48. The van der Waals surface area contributed by atoms with Crippen molar-refractivity contribution in [2.45, 2.75) is 38.6 Å². The zero-order valence-electron chi connectivity index (χ0n) is 9.81. The van der Waals surface area contributed by atoms with Gasteiger partial charge < -0.3 is 16.2 Å². The third-order valence-electron chi connectivity index (χ3n) is 3.21. The molecule has 1 aliphatic rings. The number of rotatable bonds is 4. The summed E-state index contributed by atoms with van der Waals surface area (Å²) in [5.74, 6) is -3.16. The van der Waals surface area contributed by atoms with Gasteiger partial charge in [0.15, 0.2) is 0 Å². The fourth-order valence-electron chi connectivity index (χ4n) is 2.13. The number of amides is 2. The number of carbonyl (C=O) groups is 3. The fourth-order valence-corrected chi connectivity index (χ4v) is 2.13. The molecule has 1 unspecified atom stereocenters. The molecule has 1 rings (SSSR count). The highest BCUT2D eigenvalue weighted by molar-refractivity contribution is 5.89. The van der Waals surface area contributed by atoms with Crippen molar-refractivity contribution in [3.05, 3.63) is 0 Å². The molecule has 0 aliphatic heterocycles. The summed E-state index contributed by atoms with van der Waals surface area (Å²) in [5.41, 5.74) is 5.04. The van der Waals surface area contributed by atoms with Gasteiger partial charge in [-0.3, -0.25) is 14.4 Å².